The molecule has 0 saturated carbocycles. The lowest BCUT2D eigenvalue weighted by Gasteiger charge is -2.02. The molecule has 14 heavy (non-hydrogen) atoms. The largest absolute Gasteiger partial charge is 0.479 e. The molecule has 1 aromatic carbocycles. The molecule has 7 heteroatoms. The van der Waals surface area contributed by atoms with Gasteiger partial charge in [0.1, 0.15) is 21.2 Å². The topological polar surface area (TPSA) is 86.3 Å². The predicted molar refractivity (Wildman–Crippen MR) is 43.1 cm³/mol. The summed E-state index contributed by atoms with van der Waals surface area (Å²) in [5.41, 5.74) is -0.539. The highest BCUT2D eigenvalue weighted by Gasteiger charge is 2.37. The fourth-order valence-electron chi connectivity index (χ4n) is 0.989. The van der Waals surface area contributed by atoms with Gasteiger partial charge in [-0.15, -0.1) is 0 Å². The van der Waals surface area contributed by atoms with Gasteiger partial charge in [0.25, 0.3) is 0 Å². The highest BCUT2D eigenvalue weighted by molar-refractivity contribution is 5.18. The second kappa shape index (κ2) is 3.77. The summed E-state index contributed by atoms with van der Waals surface area (Å²) >= 11 is 0. The first-order chi connectivity index (χ1) is 6.54. The standard InChI is InChI=1S/C7H5FN2O4/c8-6-4-2-1-3-5(6)7(9(11)12)10(13)14/h1-4,7H. The van der Waals surface area contributed by atoms with Gasteiger partial charge >= 0.3 is 6.17 Å². The lowest BCUT2D eigenvalue weighted by atomic mass is 10.2. The number of benzene rings is 1. The summed E-state index contributed by atoms with van der Waals surface area (Å²) in [7, 11) is 0. The Morgan fingerprint density at radius 2 is 1.64 bits per heavy atom. The Morgan fingerprint density at radius 3 is 2.07 bits per heavy atom. The number of halogens is 1. The Balaban J connectivity index is 3.18. The molecule has 74 valence electrons. The number of rotatable bonds is 3. The highest BCUT2D eigenvalue weighted by atomic mass is 19.1. The quantitative estimate of drug-likeness (QED) is 0.419. The van der Waals surface area contributed by atoms with Gasteiger partial charge in [0.2, 0.25) is 0 Å². The third kappa shape index (κ3) is 1.82. The maximum absolute atomic E-state index is 13.0. The molecule has 0 atom stereocenters. The van der Waals surface area contributed by atoms with E-state index in [-0.39, 0.29) is 0 Å². The molecule has 6 nitrogen and oxygen atoms in total. The molecule has 0 saturated heterocycles. The first-order valence-electron chi connectivity index (χ1n) is 3.55. The van der Waals surface area contributed by atoms with E-state index in [0.29, 0.717) is 0 Å². The molecule has 1 aromatic rings. The van der Waals surface area contributed by atoms with E-state index in [1.807, 2.05) is 0 Å². The van der Waals surface area contributed by atoms with Crippen molar-refractivity contribution in [3.8, 4) is 0 Å². The van der Waals surface area contributed by atoms with Gasteiger partial charge in [-0.2, -0.15) is 0 Å². The Kier molecular flexibility index (Phi) is 2.70. The monoisotopic (exact) mass is 200 g/mol. The third-order valence-corrected chi connectivity index (χ3v) is 1.58. The predicted octanol–water partition coefficient (Wildman–Crippen LogP) is 1.38. The van der Waals surface area contributed by atoms with Crippen molar-refractivity contribution in [2.24, 2.45) is 0 Å². The van der Waals surface area contributed by atoms with Crippen LogP contribution in [0.1, 0.15) is 11.7 Å². The molecule has 1 rings (SSSR count). The normalized spacial score (nSPS) is 10.1. The van der Waals surface area contributed by atoms with Crippen LogP contribution in [-0.4, -0.2) is 9.85 Å². The van der Waals surface area contributed by atoms with Gasteiger partial charge in [-0.1, -0.05) is 12.1 Å². The molecule has 0 aliphatic carbocycles. The summed E-state index contributed by atoms with van der Waals surface area (Å²) in [6.45, 7) is 0. The zero-order chi connectivity index (χ0) is 10.7. The Labute approximate surface area is 77.3 Å². The van der Waals surface area contributed by atoms with E-state index in [9.17, 15) is 24.6 Å². The van der Waals surface area contributed by atoms with Crippen LogP contribution >= 0.6 is 0 Å². The van der Waals surface area contributed by atoms with E-state index in [2.05, 4.69) is 0 Å². The van der Waals surface area contributed by atoms with Gasteiger partial charge in [-0.25, -0.2) is 4.39 Å². The van der Waals surface area contributed by atoms with Crippen molar-refractivity contribution >= 4 is 0 Å². The summed E-state index contributed by atoms with van der Waals surface area (Å²) in [6.07, 6.45) is -2.24. The fourth-order valence-corrected chi connectivity index (χ4v) is 0.989. The van der Waals surface area contributed by atoms with Crippen molar-refractivity contribution < 1.29 is 14.2 Å². The van der Waals surface area contributed by atoms with Crippen molar-refractivity contribution in [3.63, 3.8) is 0 Å². The minimum Gasteiger partial charge on any atom is -0.258 e. The van der Waals surface area contributed by atoms with E-state index < -0.39 is 27.4 Å². The minimum atomic E-state index is -2.24. The molecule has 0 spiro atoms. The maximum atomic E-state index is 13.0. The first kappa shape index (κ1) is 10.0. The second-order valence-electron chi connectivity index (χ2n) is 2.47. The second-order valence-corrected chi connectivity index (χ2v) is 2.47. The Morgan fingerprint density at radius 1 is 1.14 bits per heavy atom. The molecular weight excluding hydrogens is 195 g/mol. The number of hydrogen-bond donors (Lipinski definition) is 0. The van der Waals surface area contributed by atoms with Gasteiger partial charge in [-0.05, 0) is 12.1 Å². The summed E-state index contributed by atoms with van der Waals surface area (Å²) in [5, 5.41) is 20.6. The van der Waals surface area contributed by atoms with Crippen molar-refractivity contribution in [2.45, 2.75) is 6.17 Å². The van der Waals surface area contributed by atoms with Crippen molar-refractivity contribution in [3.05, 3.63) is 55.9 Å². The first-order valence-corrected chi connectivity index (χ1v) is 3.55. The molecule has 0 fully saturated rings. The van der Waals surface area contributed by atoms with Crippen LogP contribution < -0.4 is 0 Å². The molecular formula is C7H5FN2O4. The van der Waals surface area contributed by atoms with Gasteiger partial charge in [0.15, 0.2) is 0 Å². The number of hydrogen-bond acceptors (Lipinski definition) is 4. The van der Waals surface area contributed by atoms with E-state index >= 15 is 0 Å². The minimum absolute atomic E-state index is 0.539. The van der Waals surface area contributed by atoms with Gasteiger partial charge < -0.3 is 0 Å². The molecule has 0 aliphatic rings. The van der Waals surface area contributed by atoms with E-state index in [0.717, 1.165) is 12.1 Å². The molecule has 0 radical (unpaired) electrons. The smallest absolute Gasteiger partial charge is 0.258 e. The lowest BCUT2D eigenvalue weighted by Crippen LogP contribution is -2.20. The van der Waals surface area contributed by atoms with Gasteiger partial charge in [-0.3, -0.25) is 20.2 Å². The van der Waals surface area contributed by atoms with Crippen LogP contribution in [-0.2, 0) is 0 Å². The van der Waals surface area contributed by atoms with Gasteiger partial charge in [0.05, 0.1) is 0 Å². The highest BCUT2D eigenvalue weighted by Crippen LogP contribution is 2.19. The summed E-state index contributed by atoms with van der Waals surface area (Å²) in [6, 6.07) is 4.56. The van der Waals surface area contributed by atoms with E-state index in [1.165, 1.54) is 12.1 Å². The van der Waals surface area contributed by atoms with Crippen LogP contribution in [0.25, 0.3) is 0 Å². The van der Waals surface area contributed by atoms with Crippen molar-refractivity contribution in [2.75, 3.05) is 0 Å². The molecule has 0 N–H and O–H groups in total. The van der Waals surface area contributed by atoms with Crippen LogP contribution in [0.4, 0.5) is 4.39 Å². The summed E-state index contributed by atoms with van der Waals surface area (Å²) in [4.78, 5) is 18.3. The Bertz CT molecular complexity index is 368. The summed E-state index contributed by atoms with van der Waals surface area (Å²) in [5.74, 6) is -0.953. The average Bonchev–Trinajstić information content (AvgIpc) is 2.07. The molecule has 0 aliphatic heterocycles. The zero-order valence-electron chi connectivity index (χ0n) is 6.79. The van der Waals surface area contributed by atoms with E-state index in [4.69, 9.17) is 0 Å². The molecule has 0 aromatic heterocycles. The van der Waals surface area contributed by atoms with Crippen molar-refractivity contribution in [1.82, 2.24) is 0 Å². The zero-order valence-corrected chi connectivity index (χ0v) is 6.79. The molecule has 0 amide bonds. The molecule has 0 heterocycles. The van der Waals surface area contributed by atoms with Crippen LogP contribution in [0.2, 0.25) is 0 Å². The van der Waals surface area contributed by atoms with Crippen LogP contribution in [0.3, 0.4) is 0 Å². The molecule has 0 bridgehead atoms. The maximum Gasteiger partial charge on any atom is 0.479 e. The van der Waals surface area contributed by atoms with Crippen molar-refractivity contribution in [1.29, 1.82) is 0 Å². The van der Waals surface area contributed by atoms with Gasteiger partial charge in [0, 0.05) is 0 Å². The number of nitro groups is 2. The third-order valence-electron chi connectivity index (χ3n) is 1.58. The van der Waals surface area contributed by atoms with Crippen LogP contribution in [0.15, 0.2) is 24.3 Å². The lowest BCUT2D eigenvalue weighted by molar-refractivity contribution is -0.752. The van der Waals surface area contributed by atoms with Crippen LogP contribution in [0, 0.1) is 26.0 Å². The fraction of sp³-hybridized carbons (Fsp3) is 0.143. The Hall–Kier alpha value is -2.05. The summed E-state index contributed by atoms with van der Waals surface area (Å²) < 4.78 is 13.0. The molecule has 0 unspecified atom stereocenters. The number of nitrogens with zero attached hydrogens (tertiary/aromatic N) is 2. The van der Waals surface area contributed by atoms with E-state index in [1.54, 1.807) is 0 Å². The SMILES string of the molecule is O=[N+]([O-])C(c1ccccc1F)[N+](=O)[O-]. The van der Waals surface area contributed by atoms with Crippen LogP contribution in [0.5, 0.6) is 0 Å². The average molecular weight is 200 g/mol.